The summed E-state index contributed by atoms with van der Waals surface area (Å²) in [6.45, 7) is 4.72. The largest absolute Gasteiger partial charge is 0.336 e. The molecule has 92 valence electrons. The minimum Gasteiger partial charge on any atom is -0.336 e. The first-order valence-corrected chi connectivity index (χ1v) is 6.20. The molecule has 1 aliphatic rings. The lowest BCUT2D eigenvalue weighted by molar-refractivity contribution is 0.0733. The fourth-order valence-electron chi connectivity index (χ4n) is 2.55. The van der Waals surface area contributed by atoms with E-state index in [1.807, 2.05) is 4.90 Å². The van der Waals surface area contributed by atoms with Crippen molar-refractivity contribution < 1.29 is 9.18 Å². The highest BCUT2D eigenvalue weighted by molar-refractivity contribution is 5.96. The van der Waals surface area contributed by atoms with E-state index in [1.165, 1.54) is 12.1 Å². The van der Waals surface area contributed by atoms with Gasteiger partial charge in [0.2, 0.25) is 0 Å². The number of halogens is 1. The molecule has 0 spiro atoms. The molecule has 0 aromatic heterocycles. The van der Waals surface area contributed by atoms with Crippen LogP contribution in [0.2, 0.25) is 0 Å². The molecule has 1 heterocycles. The number of aryl methyl sites for hydroxylation is 1. The second-order valence-corrected chi connectivity index (χ2v) is 4.66. The van der Waals surface area contributed by atoms with Crippen molar-refractivity contribution in [3.8, 4) is 0 Å². The number of hydrogen-bond donors (Lipinski definition) is 0. The van der Waals surface area contributed by atoms with E-state index < -0.39 is 0 Å². The van der Waals surface area contributed by atoms with Gasteiger partial charge in [-0.2, -0.15) is 0 Å². The highest BCUT2D eigenvalue weighted by Crippen LogP contribution is 2.23. The number of amides is 1. The lowest BCUT2D eigenvalue weighted by Crippen LogP contribution is -2.35. The van der Waals surface area contributed by atoms with Gasteiger partial charge in [0.15, 0.2) is 0 Å². The summed E-state index contributed by atoms with van der Waals surface area (Å²) in [5, 5.41) is 0. The SMILES string of the molecule is CCC1CCCN1C(=O)c1ccc(F)cc1C. The fraction of sp³-hybridized carbons (Fsp3) is 0.500. The van der Waals surface area contributed by atoms with Gasteiger partial charge in [0.1, 0.15) is 5.82 Å². The van der Waals surface area contributed by atoms with Gasteiger partial charge < -0.3 is 4.90 Å². The van der Waals surface area contributed by atoms with E-state index in [9.17, 15) is 9.18 Å². The summed E-state index contributed by atoms with van der Waals surface area (Å²) in [5.41, 5.74) is 1.35. The van der Waals surface area contributed by atoms with Gasteiger partial charge in [-0.05, 0) is 49.9 Å². The molecule has 1 amide bonds. The molecule has 0 radical (unpaired) electrons. The summed E-state index contributed by atoms with van der Waals surface area (Å²) in [5.74, 6) is -0.237. The molecule has 3 heteroatoms. The Labute approximate surface area is 101 Å². The summed E-state index contributed by atoms with van der Waals surface area (Å²) in [6, 6.07) is 4.73. The van der Waals surface area contributed by atoms with E-state index in [0.29, 0.717) is 11.6 Å². The van der Waals surface area contributed by atoms with Crippen molar-refractivity contribution >= 4 is 5.91 Å². The molecule has 2 rings (SSSR count). The molecule has 1 unspecified atom stereocenters. The maximum Gasteiger partial charge on any atom is 0.254 e. The van der Waals surface area contributed by atoms with E-state index in [1.54, 1.807) is 13.0 Å². The number of benzene rings is 1. The first kappa shape index (κ1) is 12.1. The molecule has 1 fully saturated rings. The highest BCUT2D eigenvalue weighted by Gasteiger charge is 2.28. The molecule has 1 saturated heterocycles. The Hall–Kier alpha value is -1.38. The number of likely N-dealkylation sites (tertiary alicyclic amines) is 1. The topological polar surface area (TPSA) is 20.3 Å². The summed E-state index contributed by atoms with van der Waals surface area (Å²) >= 11 is 0. The van der Waals surface area contributed by atoms with E-state index in [4.69, 9.17) is 0 Å². The molecule has 0 saturated carbocycles. The van der Waals surface area contributed by atoms with Crippen molar-refractivity contribution in [1.82, 2.24) is 4.90 Å². The molecule has 1 aromatic carbocycles. The first-order valence-electron chi connectivity index (χ1n) is 6.20. The van der Waals surface area contributed by atoms with Gasteiger partial charge in [-0.25, -0.2) is 4.39 Å². The van der Waals surface area contributed by atoms with Crippen molar-refractivity contribution in [3.63, 3.8) is 0 Å². The van der Waals surface area contributed by atoms with Gasteiger partial charge in [-0.1, -0.05) is 6.92 Å². The number of nitrogens with zero attached hydrogens (tertiary/aromatic N) is 1. The van der Waals surface area contributed by atoms with Crippen LogP contribution in [0.25, 0.3) is 0 Å². The highest BCUT2D eigenvalue weighted by atomic mass is 19.1. The molecule has 1 aliphatic heterocycles. The van der Waals surface area contributed by atoms with Crippen LogP contribution in [0.4, 0.5) is 4.39 Å². The third-order valence-electron chi connectivity index (χ3n) is 3.53. The Kier molecular flexibility index (Phi) is 3.46. The van der Waals surface area contributed by atoms with E-state index in [-0.39, 0.29) is 11.7 Å². The zero-order chi connectivity index (χ0) is 12.4. The summed E-state index contributed by atoms with van der Waals surface area (Å²) in [6.07, 6.45) is 3.15. The standard InChI is InChI=1S/C14H18FNO/c1-3-12-5-4-8-16(12)14(17)13-7-6-11(15)9-10(13)2/h6-7,9,12H,3-5,8H2,1-2H3. The van der Waals surface area contributed by atoms with Gasteiger partial charge >= 0.3 is 0 Å². The minimum atomic E-state index is -0.285. The van der Waals surface area contributed by atoms with E-state index in [0.717, 1.165) is 31.4 Å². The van der Waals surface area contributed by atoms with Gasteiger partial charge in [0.05, 0.1) is 0 Å². The number of carbonyl (C=O) groups is 1. The van der Waals surface area contributed by atoms with Crippen molar-refractivity contribution in [2.24, 2.45) is 0 Å². The molecule has 2 nitrogen and oxygen atoms in total. The number of hydrogen-bond acceptors (Lipinski definition) is 1. The van der Waals surface area contributed by atoms with Crippen LogP contribution >= 0.6 is 0 Å². The molecule has 0 bridgehead atoms. The van der Waals surface area contributed by atoms with Gasteiger partial charge in [-0.15, -0.1) is 0 Å². The quantitative estimate of drug-likeness (QED) is 0.771. The van der Waals surface area contributed by atoms with Crippen LogP contribution in [0, 0.1) is 12.7 Å². The summed E-state index contributed by atoms with van der Waals surface area (Å²) in [7, 11) is 0. The summed E-state index contributed by atoms with van der Waals surface area (Å²) < 4.78 is 13.0. The molecular formula is C14H18FNO. The Balaban J connectivity index is 2.24. The Morgan fingerprint density at radius 2 is 2.29 bits per heavy atom. The molecule has 1 aromatic rings. The van der Waals surface area contributed by atoms with Crippen molar-refractivity contribution in [2.45, 2.75) is 39.2 Å². The van der Waals surface area contributed by atoms with Crippen molar-refractivity contribution in [2.75, 3.05) is 6.54 Å². The van der Waals surface area contributed by atoms with Crippen LogP contribution in [0.3, 0.4) is 0 Å². The number of carbonyl (C=O) groups excluding carboxylic acids is 1. The smallest absolute Gasteiger partial charge is 0.254 e. The monoisotopic (exact) mass is 235 g/mol. The van der Waals surface area contributed by atoms with Crippen LogP contribution in [0.1, 0.15) is 42.1 Å². The average molecular weight is 235 g/mol. The Morgan fingerprint density at radius 1 is 1.53 bits per heavy atom. The maximum atomic E-state index is 13.0. The van der Waals surface area contributed by atoms with Gasteiger partial charge in [-0.3, -0.25) is 4.79 Å². The second-order valence-electron chi connectivity index (χ2n) is 4.66. The third-order valence-corrected chi connectivity index (χ3v) is 3.53. The first-order chi connectivity index (χ1) is 8.13. The predicted octanol–water partition coefficient (Wildman–Crippen LogP) is 3.15. The lowest BCUT2D eigenvalue weighted by Gasteiger charge is -2.24. The minimum absolute atomic E-state index is 0.0480. The Morgan fingerprint density at radius 3 is 2.94 bits per heavy atom. The summed E-state index contributed by atoms with van der Waals surface area (Å²) in [4.78, 5) is 14.3. The molecule has 17 heavy (non-hydrogen) atoms. The molecule has 0 N–H and O–H groups in total. The van der Waals surface area contributed by atoms with Crippen LogP contribution < -0.4 is 0 Å². The van der Waals surface area contributed by atoms with Crippen molar-refractivity contribution in [1.29, 1.82) is 0 Å². The van der Waals surface area contributed by atoms with Gasteiger partial charge in [0.25, 0.3) is 5.91 Å². The second kappa shape index (κ2) is 4.86. The average Bonchev–Trinajstić information content (AvgIpc) is 2.76. The lowest BCUT2D eigenvalue weighted by atomic mass is 10.1. The normalized spacial score (nSPS) is 19.7. The zero-order valence-corrected chi connectivity index (χ0v) is 10.4. The third kappa shape index (κ3) is 2.33. The fourth-order valence-corrected chi connectivity index (χ4v) is 2.55. The van der Waals surface area contributed by atoms with Crippen LogP contribution in [0.5, 0.6) is 0 Å². The molecule has 0 aliphatic carbocycles. The van der Waals surface area contributed by atoms with Gasteiger partial charge in [0, 0.05) is 18.2 Å². The van der Waals surface area contributed by atoms with Crippen molar-refractivity contribution in [3.05, 3.63) is 35.1 Å². The zero-order valence-electron chi connectivity index (χ0n) is 10.4. The number of rotatable bonds is 2. The molecular weight excluding hydrogens is 217 g/mol. The maximum absolute atomic E-state index is 13.0. The van der Waals surface area contributed by atoms with Crippen LogP contribution in [-0.4, -0.2) is 23.4 Å². The Bertz CT molecular complexity index is 430. The van der Waals surface area contributed by atoms with Crippen LogP contribution in [-0.2, 0) is 0 Å². The van der Waals surface area contributed by atoms with Crippen LogP contribution in [0.15, 0.2) is 18.2 Å². The predicted molar refractivity (Wildman–Crippen MR) is 65.5 cm³/mol. The van der Waals surface area contributed by atoms with E-state index >= 15 is 0 Å². The molecule has 1 atom stereocenters. The van der Waals surface area contributed by atoms with E-state index in [2.05, 4.69) is 6.92 Å².